The molecule has 0 N–H and O–H groups in total. The Morgan fingerprint density at radius 1 is 1.00 bits per heavy atom. The van der Waals surface area contributed by atoms with Crippen molar-refractivity contribution in [2.45, 2.75) is 0 Å². The molecular formula is C21H21N3O5. The molecule has 0 spiro atoms. The summed E-state index contributed by atoms with van der Waals surface area (Å²) < 4.78 is 21.4. The van der Waals surface area contributed by atoms with Crippen molar-refractivity contribution in [3.05, 3.63) is 48.5 Å². The molecule has 8 nitrogen and oxygen atoms in total. The van der Waals surface area contributed by atoms with Gasteiger partial charge in [0.2, 0.25) is 5.82 Å². The monoisotopic (exact) mass is 395 g/mol. The maximum atomic E-state index is 12.1. The molecule has 2 heterocycles. The average molecular weight is 395 g/mol. The fourth-order valence-corrected chi connectivity index (χ4v) is 2.94. The van der Waals surface area contributed by atoms with Gasteiger partial charge < -0.3 is 23.6 Å². The van der Waals surface area contributed by atoms with E-state index in [0.29, 0.717) is 43.8 Å². The van der Waals surface area contributed by atoms with Gasteiger partial charge in [-0.15, -0.1) is 0 Å². The van der Waals surface area contributed by atoms with Crippen LogP contribution in [0.15, 0.2) is 53.1 Å². The number of morpholine rings is 1. The summed E-state index contributed by atoms with van der Waals surface area (Å²) in [7, 11) is 1.62. The molecule has 0 saturated carbocycles. The third kappa shape index (κ3) is 4.55. The van der Waals surface area contributed by atoms with E-state index in [1.807, 2.05) is 36.4 Å². The van der Waals surface area contributed by atoms with Crippen LogP contribution < -0.4 is 9.47 Å². The normalized spacial score (nSPS) is 13.9. The van der Waals surface area contributed by atoms with Crippen LogP contribution in [0.25, 0.3) is 22.8 Å². The van der Waals surface area contributed by atoms with Crippen molar-refractivity contribution in [3.8, 4) is 34.3 Å². The number of amides is 1. The molecule has 8 heteroatoms. The van der Waals surface area contributed by atoms with Crippen LogP contribution in [0.2, 0.25) is 0 Å². The third-order valence-electron chi connectivity index (χ3n) is 4.60. The number of hydrogen-bond donors (Lipinski definition) is 0. The fourth-order valence-electron chi connectivity index (χ4n) is 2.94. The molecule has 0 atom stereocenters. The zero-order valence-corrected chi connectivity index (χ0v) is 16.0. The summed E-state index contributed by atoms with van der Waals surface area (Å²) in [5.74, 6) is 2.23. The maximum absolute atomic E-state index is 12.1. The molecule has 1 aliphatic rings. The van der Waals surface area contributed by atoms with E-state index in [0.717, 1.165) is 16.9 Å². The second kappa shape index (κ2) is 8.74. The Kier molecular flexibility index (Phi) is 5.71. The van der Waals surface area contributed by atoms with Crippen LogP contribution in [-0.2, 0) is 9.53 Å². The number of methoxy groups -OCH3 is 1. The number of carbonyl (C=O) groups excluding carboxylic acids is 1. The van der Waals surface area contributed by atoms with Crippen molar-refractivity contribution in [2.24, 2.45) is 0 Å². The lowest BCUT2D eigenvalue weighted by atomic mass is 10.2. The van der Waals surface area contributed by atoms with Crippen molar-refractivity contribution in [2.75, 3.05) is 40.0 Å². The molecule has 3 aromatic rings. The van der Waals surface area contributed by atoms with Gasteiger partial charge >= 0.3 is 0 Å². The highest BCUT2D eigenvalue weighted by Gasteiger charge is 2.17. The number of nitrogens with zero attached hydrogens (tertiary/aromatic N) is 3. The Morgan fingerprint density at radius 2 is 1.66 bits per heavy atom. The summed E-state index contributed by atoms with van der Waals surface area (Å²) in [4.78, 5) is 18.3. The minimum atomic E-state index is -0.0431. The highest BCUT2D eigenvalue weighted by Crippen LogP contribution is 2.25. The summed E-state index contributed by atoms with van der Waals surface area (Å²) in [5, 5.41) is 4.03. The van der Waals surface area contributed by atoms with Gasteiger partial charge in [0.05, 0.1) is 20.3 Å². The van der Waals surface area contributed by atoms with E-state index in [9.17, 15) is 4.79 Å². The van der Waals surface area contributed by atoms with Gasteiger partial charge in [0.1, 0.15) is 11.5 Å². The fraction of sp³-hybridized carbons (Fsp3) is 0.286. The van der Waals surface area contributed by atoms with Gasteiger partial charge in [0.25, 0.3) is 11.8 Å². The molecule has 0 bridgehead atoms. The van der Waals surface area contributed by atoms with Gasteiger partial charge in [-0.1, -0.05) is 5.16 Å². The van der Waals surface area contributed by atoms with Crippen LogP contribution in [0.1, 0.15) is 0 Å². The standard InChI is InChI=1S/C21H21N3O5/c1-26-17-6-2-15(3-7-17)20-22-21(29-23-20)16-4-8-18(9-5-16)28-14-19(25)24-10-12-27-13-11-24/h2-9H,10-14H2,1H3. The Morgan fingerprint density at radius 3 is 2.34 bits per heavy atom. The molecular weight excluding hydrogens is 374 g/mol. The van der Waals surface area contributed by atoms with E-state index in [-0.39, 0.29) is 12.5 Å². The van der Waals surface area contributed by atoms with Crippen LogP contribution in [0, 0.1) is 0 Å². The Balaban J connectivity index is 1.37. The van der Waals surface area contributed by atoms with Crippen LogP contribution in [0.5, 0.6) is 11.5 Å². The minimum Gasteiger partial charge on any atom is -0.497 e. The summed E-state index contributed by atoms with van der Waals surface area (Å²) in [6.07, 6.45) is 0. The van der Waals surface area contributed by atoms with Crippen LogP contribution >= 0.6 is 0 Å². The van der Waals surface area contributed by atoms with E-state index in [2.05, 4.69) is 10.1 Å². The summed E-state index contributed by atoms with van der Waals surface area (Å²) in [5.41, 5.74) is 1.60. The molecule has 4 rings (SSSR count). The predicted octanol–water partition coefficient (Wildman–Crippen LogP) is 2.65. The molecule has 0 radical (unpaired) electrons. The number of carbonyl (C=O) groups is 1. The third-order valence-corrected chi connectivity index (χ3v) is 4.60. The van der Waals surface area contributed by atoms with Gasteiger partial charge in [0.15, 0.2) is 6.61 Å². The lowest BCUT2D eigenvalue weighted by Gasteiger charge is -2.26. The molecule has 1 saturated heterocycles. The van der Waals surface area contributed by atoms with E-state index in [4.69, 9.17) is 18.7 Å². The zero-order chi connectivity index (χ0) is 20.1. The molecule has 150 valence electrons. The first-order valence-electron chi connectivity index (χ1n) is 9.30. The maximum Gasteiger partial charge on any atom is 0.260 e. The summed E-state index contributed by atoms with van der Waals surface area (Å²) in [6.45, 7) is 2.36. The van der Waals surface area contributed by atoms with Crippen molar-refractivity contribution in [3.63, 3.8) is 0 Å². The van der Waals surface area contributed by atoms with E-state index in [1.54, 1.807) is 24.1 Å². The van der Waals surface area contributed by atoms with E-state index in [1.165, 1.54) is 0 Å². The van der Waals surface area contributed by atoms with Gasteiger partial charge in [-0.2, -0.15) is 4.98 Å². The summed E-state index contributed by atoms with van der Waals surface area (Å²) >= 11 is 0. The number of aromatic nitrogens is 2. The largest absolute Gasteiger partial charge is 0.497 e. The van der Waals surface area contributed by atoms with E-state index < -0.39 is 0 Å². The topological polar surface area (TPSA) is 86.9 Å². The molecule has 1 fully saturated rings. The molecule has 29 heavy (non-hydrogen) atoms. The summed E-state index contributed by atoms with van der Waals surface area (Å²) in [6, 6.07) is 14.6. The van der Waals surface area contributed by atoms with Crippen LogP contribution in [0.4, 0.5) is 0 Å². The molecule has 0 unspecified atom stereocenters. The minimum absolute atomic E-state index is 0.00151. The van der Waals surface area contributed by atoms with Crippen molar-refractivity contribution in [1.29, 1.82) is 0 Å². The molecule has 0 aliphatic carbocycles. The first-order valence-corrected chi connectivity index (χ1v) is 9.30. The molecule has 1 amide bonds. The molecule has 1 aliphatic heterocycles. The highest BCUT2D eigenvalue weighted by molar-refractivity contribution is 5.77. The van der Waals surface area contributed by atoms with Gasteiger partial charge in [-0.25, -0.2) is 0 Å². The van der Waals surface area contributed by atoms with Gasteiger partial charge in [0, 0.05) is 24.2 Å². The predicted molar refractivity (Wildman–Crippen MR) is 105 cm³/mol. The number of hydrogen-bond acceptors (Lipinski definition) is 7. The average Bonchev–Trinajstić information content (AvgIpc) is 3.29. The van der Waals surface area contributed by atoms with Gasteiger partial charge in [-0.05, 0) is 48.5 Å². The lowest BCUT2D eigenvalue weighted by Crippen LogP contribution is -2.42. The number of rotatable bonds is 6. The van der Waals surface area contributed by atoms with Crippen molar-refractivity contribution in [1.82, 2.24) is 15.0 Å². The van der Waals surface area contributed by atoms with Crippen molar-refractivity contribution >= 4 is 5.91 Å². The first-order chi connectivity index (χ1) is 14.2. The smallest absolute Gasteiger partial charge is 0.260 e. The molecule has 1 aromatic heterocycles. The quantitative estimate of drug-likeness (QED) is 0.634. The Labute approximate surface area is 168 Å². The second-order valence-corrected chi connectivity index (χ2v) is 6.46. The zero-order valence-electron chi connectivity index (χ0n) is 16.0. The SMILES string of the molecule is COc1ccc(-c2noc(-c3ccc(OCC(=O)N4CCOCC4)cc3)n2)cc1. The van der Waals surface area contributed by atoms with Crippen molar-refractivity contribution < 1.29 is 23.5 Å². The van der Waals surface area contributed by atoms with E-state index >= 15 is 0 Å². The lowest BCUT2D eigenvalue weighted by molar-refractivity contribution is -0.137. The Hall–Kier alpha value is -3.39. The highest BCUT2D eigenvalue weighted by atomic mass is 16.5. The molecule has 2 aromatic carbocycles. The number of benzene rings is 2. The van der Waals surface area contributed by atoms with Gasteiger partial charge in [-0.3, -0.25) is 4.79 Å². The Bertz CT molecular complexity index is 947. The van der Waals surface area contributed by atoms with Crippen LogP contribution in [0.3, 0.4) is 0 Å². The second-order valence-electron chi connectivity index (χ2n) is 6.46. The first kappa shape index (κ1) is 18.9. The number of ether oxygens (including phenoxy) is 3. The van der Waals surface area contributed by atoms with Crippen LogP contribution in [-0.4, -0.2) is 61.0 Å².